The average Bonchev–Trinajstić information content (AvgIpc) is 2.91. The van der Waals surface area contributed by atoms with Crippen LogP contribution in [0.25, 0.3) is 0 Å². The van der Waals surface area contributed by atoms with Crippen LogP contribution in [-0.2, 0) is 5.72 Å². The zero-order valence-electron chi connectivity index (χ0n) is 14.2. The summed E-state index contributed by atoms with van der Waals surface area (Å²) in [7, 11) is 3.22. The monoisotopic (exact) mass is 360 g/mol. The first-order chi connectivity index (χ1) is 11.7. The summed E-state index contributed by atoms with van der Waals surface area (Å²) in [5.74, 6) is 2.07. The summed E-state index contributed by atoms with van der Waals surface area (Å²) in [6.45, 7) is 1.52. The predicted molar refractivity (Wildman–Crippen MR) is 99.0 cm³/mol. The smallest absolute Gasteiger partial charge is 0.193 e. The fourth-order valence-corrected chi connectivity index (χ4v) is 3.63. The molecule has 0 spiro atoms. The van der Waals surface area contributed by atoms with E-state index in [1.54, 1.807) is 14.2 Å². The Morgan fingerprint density at radius 2 is 1.76 bits per heavy atom. The summed E-state index contributed by atoms with van der Waals surface area (Å²) in [6, 6.07) is 13.5. The molecule has 1 atom stereocenters. The van der Waals surface area contributed by atoms with E-state index >= 15 is 0 Å². The first kappa shape index (κ1) is 17.6. The largest absolute Gasteiger partial charge is 0.493 e. The van der Waals surface area contributed by atoms with E-state index in [2.05, 4.69) is 4.99 Å². The van der Waals surface area contributed by atoms with Gasteiger partial charge < -0.3 is 19.5 Å². The summed E-state index contributed by atoms with van der Waals surface area (Å²) in [5.41, 5.74) is 1.27. The van der Waals surface area contributed by atoms with Gasteiger partial charge in [0.15, 0.2) is 17.2 Å². The van der Waals surface area contributed by atoms with Crippen molar-refractivity contribution in [3.05, 3.63) is 59.2 Å². The molecular weight excluding hydrogens is 340 g/mol. The zero-order chi connectivity index (χ0) is 16.7. The molecule has 2 heterocycles. The van der Waals surface area contributed by atoms with Crippen molar-refractivity contribution in [3.63, 3.8) is 0 Å². The minimum absolute atomic E-state index is 0. The molecule has 1 unspecified atom stereocenters. The molecule has 0 aliphatic carbocycles. The molecule has 0 fully saturated rings. The van der Waals surface area contributed by atoms with Crippen molar-refractivity contribution in [1.82, 2.24) is 4.90 Å². The molecular formula is C19H21ClN2O3. The van der Waals surface area contributed by atoms with Crippen LogP contribution in [0.4, 0.5) is 0 Å². The minimum atomic E-state index is -1.24. The third-order valence-electron chi connectivity index (χ3n) is 4.76. The fourth-order valence-electron chi connectivity index (χ4n) is 3.63. The quantitative estimate of drug-likeness (QED) is 0.914. The molecule has 2 aliphatic heterocycles. The lowest BCUT2D eigenvalue weighted by Gasteiger charge is -2.37. The Bertz CT molecular complexity index is 810. The Hall–Kier alpha value is -2.24. The average molecular weight is 361 g/mol. The zero-order valence-corrected chi connectivity index (χ0v) is 15.0. The van der Waals surface area contributed by atoms with Crippen LogP contribution in [0.5, 0.6) is 11.5 Å². The van der Waals surface area contributed by atoms with Gasteiger partial charge in [0, 0.05) is 29.8 Å². The summed E-state index contributed by atoms with van der Waals surface area (Å²) < 4.78 is 10.9. The number of aliphatic imine (C=N–C) groups is 1. The van der Waals surface area contributed by atoms with Gasteiger partial charge in [-0.05, 0) is 18.6 Å². The van der Waals surface area contributed by atoms with Gasteiger partial charge in [-0.3, -0.25) is 4.99 Å². The molecule has 0 radical (unpaired) electrons. The van der Waals surface area contributed by atoms with Crippen molar-refractivity contribution < 1.29 is 14.6 Å². The number of rotatable bonds is 3. The maximum atomic E-state index is 11.7. The van der Waals surface area contributed by atoms with Gasteiger partial charge in [0.2, 0.25) is 0 Å². The van der Waals surface area contributed by atoms with Crippen LogP contribution in [0.3, 0.4) is 0 Å². The number of nitrogens with zero attached hydrogens (tertiary/aromatic N) is 2. The number of ether oxygens (including phenoxy) is 2. The molecule has 0 saturated carbocycles. The second-order valence-corrected chi connectivity index (χ2v) is 6.00. The Kier molecular flexibility index (Phi) is 4.62. The van der Waals surface area contributed by atoms with Gasteiger partial charge in [-0.2, -0.15) is 0 Å². The highest BCUT2D eigenvalue weighted by molar-refractivity contribution is 6.05. The van der Waals surface area contributed by atoms with Gasteiger partial charge >= 0.3 is 0 Å². The second kappa shape index (κ2) is 6.58. The van der Waals surface area contributed by atoms with Crippen LogP contribution in [0.15, 0.2) is 47.5 Å². The lowest BCUT2D eigenvalue weighted by Crippen LogP contribution is -2.47. The van der Waals surface area contributed by atoms with E-state index in [0.29, 0.717) is 11.5 Å². The molecule has 6 heteroatoms. The molecule has 5 nitrogen and oxygen atoms in total. The number of benzene rings is 2. The standard InChI is InChI=1S/C19H20N2O3.ClH/c1-23-16-11-14-15(12-17(16)24-2)19(22,13-7-4-3-5-8-13)21-10-6-9-20-18(14)21;/h3-5,7-8,11-12,22H,6,9-10H2,1-2H3;1H. The maximum absolute atomic E-state index is 11.7. The minimum Gasteiger partial charge on any atom is -0.493 e. The number of methoxy groups -OCH3 is 2. The second-order valence-electron chi connectivity index (χ2n) is 6.00. The van der Waals surface area contributed by atoms with E-state index in [-0.39, 0.29) is 12.4 Å². The Labute approximate surface area is 153 Å². The van der Waals surface area contributed by atoms with Gasteiger partial charge in [-0.15, -0.1) is 12.4 Å². The molecule has 2 aromatic rings. The van der Waals surface area contributed by atoms with Crippen LogP contribution in [0.2, 0.25) is 0 Å². The Morgan fingerprint density at radius 3 is 2.44 bits per heavy atom. The molecule has 25 heavy (non-hydrogen) atoms. The lowest BCUT2D eigenvalue weighted by molar-refractivity contribution is -0.0319. The summed E-state index contributed by atoms with van der Waals surface area (Å²) in [4.78, 5) is 6.65. The number of hydrogen-bond donors (Lipinski definition) is 1. The van der Waals surface area contributed by atoms with E-state index in [0.717, 1.165) is 42.0 Å². The van der Waals surface area contributed by atoms with Crippen LogP contribution in [0, 0.1) is 0 Å². The molecule has 0 amide bonds. The maximum Gasteiger partial charge on any atom is 0.193 e. The highest BCUT2D eigenvalue weighted by Gasteiger charge is 2.49. The van der Waals surface area contributed by atoms with Gasteiger partial charge in [-0.1, -0.05) is 30.3 Å². The van der Waals surface area contributed by atoms with E-state index in [1.807, 2.05) is 47.4 Å². The number of fused-ring (bicyclic) bond motifs is 3. The van der Waals surface area contributed by atoms with Crippen molar-refractivity contribution in [2.75, 3.05) is 27.3 Å². The van der Waals surface area contributed by atoms with Crippen LogP contribution in [0.1, 0.15) is 23.1 Å². The van der Waals surface area contributed by atoms with E-state index in [4.69, 9.17) is 9.47 Å². The molecule has 0 saturated heterocycles. The number of amidine groups is 1. The Balaban J connectivity index is 0.00000182. The highest BCUT2D eigenvalue weighted by Crippen LogP contribution is 2.47. The normalized spacial score (nSPS) is 20.9. The number of hydrogen-bond acceptors (Lipinski definition) is 5. The molecule has 0 aromatic heterocycles. The van der Waals surface area contributed by atoms with Crippen molar-refractivity contribution in [3.8, 4) is 11.5 Å². The number of halogens is 1. The van der Waals surface area contributed by atoms with Crippen molar-refractivity contribution >= 4 is 18.2 Å². The van der Waals surface area contributed by atoms with Crippen LogP contribution in [-0.4, -0.2) is 43.2 Å². The summed E-state index contributed by atoms with van der Waals surface area (Å²) >= 11 is 0. The van der Waals surface area contributed by atoms with E-state index < -0.39 is 5.72 Å². The first-order valence-corrected chi connectivity index (χ1v) is 8.07. The third kappa shape index (κ3) is 2.46. The molecule has 2 aliphatic rings. The van der Waals surface area contributed by atoms with E-state index in [1.165, 1.54) is 0 Å². The lowest BCUT2D eigenvalue weighted by atomic mass is 9.93. The van der Waals surface area contributed by atoms with Crippen LogP contribution >= 0.6 is 12.4 Å². The molecule has 1 N–H and O–H groups in total. The third-order valence-corrected chi connectivity index (χ3v) is 4.76. The molecule has 0 bridgehead atoms. The topological polar surface area (TPSA) is 54.3 Å². The molecule has 2 aromatic carbocycles. The van der Waals surface area contributed by atoms with Gasteiger partial charge in [0.05, 0.1) is 14.2 Å². The fraction of sp³-hybridized carbons (Fsp3) is 0.316. The SMILES string of the molecule is COc1cc2c(cc1OC)C(O)(c1ccccc1)N1CCCN=C21.Cl. The molecule has 4 rings (SSSR count). The summed E-state index contributed by atoms with van der Waals surface area (Å²) in [5, 5.41) is 11.7. The van der Waals surface area contributed by atoms with Crippen molar-refractivity contribution in [1.29, 1.82) is 0 Å². The number of aliphatic hydroxyl groups is 1. The van der Waals surface area contributed by atoms with E-state index in [9.17, 15) is 5.11 Å². The van der Waals surface area contributed by atoms with Crippen molar-refractivity contribution in [2.24, 2.45) is 4.99 Å². The van der Waals surface area contributed by atoms with Gasteiger partial charge in [-0.25, -0.2) is 0 Å². The highest BCUT2D eigenvalue weighted by atomic mass is 35.5. The predicted octanol–water partition coefficient (Wildman–Crippen LogP) is 2.78. The molecule has 132 valence electrons. The van der Waals surface area contributed by atoms with Gasteiger partial charge in [0.1, 0.15) is 5.84 Å². The Morgan fingerprint density at radius 1 is 1.08 bits per heavy atom. The van der Waals surface area contributed by atoms with Crippen LogP contribution < -0.4 is 9.47 Å². The summed E-state index contributed by atoms with van der Waals surface area (Å²) in [6.07, 6.45) is 0.918. The first-order valence-electron chi connectivity index (χ1n) is 8.07. The van der Waals surface area contributed by atoms with Gasteiger partial charge in [0.25, 0.3) is 0 Å². The van der Waals surface area contributed by atoms with Crippen molar-refractivity contribution in [2.45, 2.75) is 12.1 Å².